The van der Waals surface area contributed by atoms with Crippen LogP contribution < -0.4 is 25.6 Å². The molecule has 0 aliphatic heterocycles. The first kappa shape index (κ1) is 20.5. The van der Waals surface area contributed by atoms with Gasteiger partial charge >= 0.3 is 5.69 Å². The number of methoxy groups -OCH3 is 1. The largest absolute Gasteiger partial charge is 0.497 e. The van der Waals surface area contributed by atoms with E-state index in [0.29, 0.717) is 17.4 Å². The maximum atomic E-state index is 12.7. The molecule has 0 unspecified atom stereocenters. The minimum absolute atomic E-state index is 0.0188. The summed E-state index contributed by atoms with van der Waals surface area (Å²) in [4.78, 5) is 31.1. The number of hydrogen-bond acceptors (Lipinski definition) is 7. The number of hydrogen-bond donors (Lipinski definition) is 1. The topological polar surface area (TPSA) is 104 Å². The molecule has 0 amide bonds. The van der Waals surface area contributed by atoms with Crippen LogP contribution >= 0.6 is 0 Å². The van der Waals surface area contributed by atoms with E-state index in [1.165, 1.54) is 11.6 Å². The van der Waals surface area contributed by atoms with Crippen LogP contribution in [0, 0.1) is 0 Å². The van der Waals surface area contributed by atoms with E-state index in [1.54, 1.807) is 62.0 Å². The molecule has 0 saturated heterocycles. The summed E-state index contributed by atoms with van der Waals surface area (Å²) in [6.07, 6.45) is -0.907. The van der Waals surface area contributed by atoms with Gasteiger partial charge in [-0.3, -0.25) is 13.9 Å². The van der Waals surface area contributed by atoms with E-state index in [0.717, 1.165) is 4.57 Å². The van der Waals surface area contributed by atoms with Gasteiger partial charge in [-0.1, -0.05) is 0 Å². The molecule has 0 radical (unpaired) electrons. The Labute approximate surface area is 167 Å². The van der Waals surface area contributed by atoms with Crippen molar-refractivity contribution >= 4 is 17.1 Å². The maximum absolute atomic E-state index is 12.7. The van der Waals surface area contributed by atoms with E-state index >= 15 is 0 Å². The fourth-order valence-electron chi connectivity index (χ4n) is 3.08. The standard InChI is InChI=1S/C19H25N5O5/c1-21(2)18-20-16-15(17(26)23(4)19(27)22(16)3)24(18)10-12(25)11-29-14-8-6-13(28-5)7-9-14/h6-9,12,25H,10-11H2,1-5H3/t12-/m1/s1. The summed E-state index contributed by atoms with van der Waals surface area (Å²) >= 11 is 0. The van der Waals surface area contributed by atoms with E-state index in [2.05, 4.69) is 4.98 Å². The summed E-state index contributed by atoms with van der Waals surface area (Å²) in [6.45, 7) is 0.0958. The van der Waals surface area contributed by atoms with E-state index in [9.17, 15) is 14.7 Å². The van der Waals surface area contributed by atoms with Crippen molar-refractivity contribution in [3.05, 3.63) is 45.1 Å². The van der Waals surface area contributed by atoms with Gasteiger partial charge in [-0.25, -0.2) is 4.79 Å². The maximum Gasteiger partial charge on any atom is 0.332 e. The Hall–Kier alpha value is -3.27. The van der Waals surface area contributed by atoms with E-state index < -0.39 is 17.4 Å². The van der Waals surface area contributed by atoms with Crippen molar-refractivity contribution in [2.45, 2.75) is 12.6 Å². The summed E-state index contributed by atoms with van der Waals surface area (Å²) < 4.78 is 14.7. The molecule has 10 heteroatoms. The van der Waals surface area contributed by atoms with E-state index in [1.807, 2.05) is 0 Å². The van der Waals surface area contributed by atoms with Crippen molar-refractivity contribution in [3.8, 4) is 11.5 Å². The van der Waals surface area contributed by atoms with E-state index in [4.69, 9.17) is 9.47 Å². The van der Waals surface area contributed by atoms with Gasteiger partial charge in [0.25, 0.3) is 5.56 Å². The minimum atomic E-state index is -0.907. The normalized spacial score (nSPS) is 12.2. The van der Waals surface area contributed by atoms with Gasteiger partial charge in [-0.15, -0.1) is 0 Å². The highest BCUT2D eigenvalue weighted by atomic mass is 16.5. The molecule has 29 heavy (non-hydrogen) atoms. The molecule has 3 aromatic rings. The first-order valence-electron chi connectivity index (χ1n) is 9.03. The lowest BCUT2D eigenvalue weighted by molar-refractivity contribution is 0.0936. The summed E-state index contributed by atoms with van der Waals surface area (Å²) in [5, 5.41) is 10.5. The zero-order valence-corrected chi connectivity index (χ0v) is 17.1. The summed E-state index contributed by atoms with van der Waals surface area (Å²) in [7, 11) is 8.11. The lowest BCUT2D eigenvalue weighted by atomic mass is 10.3. The molecular weight excluding hydrogens is 378 g/mol. The molecule has 0 fully saturated rings. The number of fused-ring (bicyclic) bond motifs is 1. The van der Waals surface area contributed by atoms with Gasteiger partial charge in [-0.05, 0) is 24.3 Å². The summed E-state index contributed by atoms with van der Waals surface area (Å²) in [5.74, 6) is 1.76. The van der Waals surface area contributed by atoms with Crippen LogP contribution in [-0.2, 0) is 20.6 Å². The summed E-state index contributed by atoms with van der Waals surface area (Å²) in [5.41, 5.74) is -0.403. The SMILES string of the molecule is COc1ccc(OC[C@H](O)Cn2c(N(C)C)nc3c2c(=O)n(C)c(=O)n3C)cc1. The molecule has 0 aliphatic rings. The van der Waals surface area contributed by atoms with Gasteiger partial charge in [0.15, 0.2) is 11.2 Å². The molecule has 156 valence electrons. The second kappa shape index (κ2) is 8.00. The van der Waals surface area contributed by atoms with Gasteiger partial charge < -0.3 is 24.0 Å². The molecule has 0 saturated carbocycles. The highest BCUT2D eigenvalue weighted by Gasteiger charge is 2.22. The highest BCUT2D eigenvalue weighted by Crippen LogP contribution is 2.20. The number of imidazole rings is 1. The minimum Gasteiger partial charge on any atom is -0.497 e. The van der Waals surface area contributed by atoms with Crippen molar-refractivity contribution in [1.29, 1.82) is 0 Å². The Kier molecular flexibility index (Phi) is 5.64. The number of nitrogens with zero attached hydrogens (tertiary/aromatic N) is 5. The van der Waals surface area contributed by atoms with Crippen LogP contribution in [0.4, 0.5) is 5.95 Å². The zero-order chi connectivity index (χ0) is 21.3. The molecule has 1 N–H and O–H groups in total. The average Bonchev–Trinajstić information content (AvgIpc) is 3.09. The third kappa shape index (κ3) is 3.83. The first-order chi connectivity index (χ1) is 13.7. The molecule has 2 heterocycles. The predicted molar refractivity (Wildman–Crippen MR) is 109 cm³/mol. The number of aryl methyl sites for hydroxylation is 1. The monoisotopic (exact) mass is 403 g/mol. The molecule has 0 bridgehead atoms. The fourth-order valence-corrected chi connectivity index (χ4v) is 3.08. The Bertz CT molecular complexity index is 1130. The van der Waals surface area contributed by atoms with Gasteiger partial charge in [0.1, 0.15) is 24.2 Å². The van der Waals surface area contributed by atoms with Crippen molar-refractivity contribution in [3.63, 3.8) is 0 Å². The first-order valence-corrected chi connectivity index (χ1v) is 9.03. The van der Waals surface area contributed by atoms with Crippen LogP contribution in [0.25, 0.3) is 11.2 Å². The third-order valence-corrected chi connectivity index (χ3v) is 4.62. The van der Waals surface area contributed by atoms with Crippen molar-refractivity contribution < 1.29 is 14.6 Å². The lowest BCUT2D eigenvalue weighted by Gasteiger charge is -2.18. The zero-order valence-electron chi connectivity index (χ0n) is 17.1. The fraction of sp³-hybridized carbons (Fsp3) is 0.421. The molecule has 2 aromatic heterocycles. The van der Waals surface area contributed by atoms with Crippen molar-refractivity contribution in [2.24, 2.45) is 14.1 Å². The van der Waals surface area contributed by atoms with Gasteiger partial charge in [0, 0.05) is 28.2 Å². The Morgan fingerprint density at radius 1 is 1.10 bits per heavy atom. The van der Waals surface area contributed by atoms with Gasteiger partial charge in [0.05, 0.1) is 13.7 Å². The van der Waals surface area contributed by atoms with Crippen LogP contribution in [0.2, 0.25) is 0 Å². The third-order valence-electron chi connectivity index (χ3n) is 4.62. The number of ether oxygens (including phenoxy) is 2. The van der Waals surface area contributed by atoms with E-state index in [-0.39, 0.29) is 24.3 Å². The van der Waals surface area contributed by atoms with Crippen LogP contribution in [0.5, 0.6) is 11.5 Å². The molecule has 1 aromatic carbocycles. The molecular formula is C19H25N5O5. The number of anilines is 1. The van der Waals surface area contributed by atoms with Crippen LogP contribution in [0.3, 0.4) is 0 Å². The van der Waals surface area contributed by atoms with Crippen LogP contribution in [0.15, 0.2) is 33.9 Å². The highest BCUT2D eigenvalue weighted by molar-refractivity contribution is 5.74. The van der Waals surface area contributed by atoms with Crippen LogP contribution in [-0.4, -0.2) is 57.7 Å². The smallest absolute Gasteiger partial charge is 0.332 e. The molecule has 1 atom stereocenters. The van der Waals surface area contributed by atoms with Gasteiger partial charge in [0.2, 0.25) is 5.95 Å². The molecule has 0 spiro atoms. The Morgan fingerprint density at radius 3 is 2.31 bits per heavy atom. The predicted octanol–water partition coefficient (Wildman–Crippen LogP) is -0.0518. The Balaban J connectivity index is 1.90. The van der Waals surface area contributed by atoms with Crippen LogP contribution in [0.1, 0.15) is 0 Å². The Morgan fingerprint density at radius 2 is 1.72 bits per heavy atom. The number of rotatable bonds is 7. The number of aliphatic hydroxyl groups is 1. The lowest BCUT2D eigenvalue weighted by Crippen LogP contribution is -2.38. The molecule has 10 nitrogen and oxygen atoms in total. The summed E-state index contributed by atoms with van der Waals surface area (Å²) in [6, 6.07) is 7.02. The van der Waals surface area contributed by atoms with Crippen molar-refractivity contribution in [1.82, 2.24) is 18.7 Å². The quantitative estimate of drug-likeness (QED) is 0.590. The number of aromatic nitrogens is 4. The average molecular weight is 403 g/mol. The molecule has 0 aliphatic carbocycles. The number of benzene rings is 1. The second-order valence-electron chi connectivity index (χ2n) is 6.94. The molecule has 3 rings (SSSR count). The van der Waals surface area contributed by atoms with Crippen molar-refractivity contribution in [2.75, 3.05) is 32.7 Å². The second-order valence-corrected chi connectivity index (χ2v) is 6.94. The van der Waals surface area contributed by atoms with Gasteiger partial charge in [-0.2, -0.15) is 4.98 Å². The number of aliphatic hydroxyl groups excluding tert-OH is 1.